The Labute approximate surface area is 98.6 Å². The summed E-state index contributed by atoms with van der Waals surface area (Å²) >= 11 is 0. The van der Waals surface area contributed by atoms with Crippen LogP contribution in [0, 0.1) is 17.1 Å². The highest BCUT2D eigenvalue weighted by molar-refractivity contribution is 7.89. The number of rotatable bonds is 5. The molecule has 0 aliphatic heterocycles. The first-order chi connectivity index (χ1) is 7.83. The van der Waals surface area contributed by atoms with Crippen LogP contribution in [0.15, 0.2) is 23.4 Å². The number of amidine groups is 1. The maximum atomic E-state index is 12.8. The molecule has 94 valence electrons. The van der Waals surface area contributed by atoms with Crippen LogP contribution in [-0.2, 0) is 10.0 Å². The molecule has 1 rings (SSSR count). The second kappa shape index (κ2) is 5.19. The molecule has 1 aromatic rings. The minimum absolute atomic E-state index is 0.0197. The fraction of sp³-hybridized carbons (Fsp3) is 0.333. The van der Waals surface area contributed by atoms with E-state index in [2.05, 4.69) is 9.71 Å². The van der Waals surface area contributed by atoms with E-state index in [0.29, 0.717) is 0 Å². The molecule has 17 heavy (non-hydrogen) atoms. The van der Waals surface area contributed by atoms with E-state index in [1.54, 1.807) is 6.92 Å². The van der Waals surface area contributed by atoms with E-state index in [4.69, 9.17) is 11.1 Å². The van der Waals surface area contributed by atoms with Crippen LogP contribution in [0.3, 0.4) is 0 Å². The van der Waals surface area contributed by atoms with Crippen molar-refractivity contribution in [3.8, 4) is 0 Å². The minimum atomic E-state index is -3.82. The number of sulfonamides is 1. The van der Waals surface area contributed by atoms with E-state index in [1.807, 2.05) is 0 Å². The third-order valence-electron chi connectivity index (χ3n) is 2.10. The monoisotopic (exact) mass is 260 g/mol. The van der Waals surface area contributed by atoms with E-state index in [0.717, 1.165) is 18.5 Å². The Morgan fingerprint density at radius 1 is 1.65 bits per heavy atom. The lowest BCUT2D eigenvalue weighted by Gasteiger charge is -2.11. The van der Waals surface area contributed by atoms with Gasteiger partial charge in [0.05, 0.1) is 12.0 Å². The quantitative estimate of drug-likeness (QED) is 0.514. The molecule has 0 bridgehead atoms. The van der Waals surface area contributed by atoms with Gasteiger partial charge in [-0.25, -0.2) is 17.5 Å². The van der Waals surface area contributed by atoms with Crippen molar-refractivity contribution < 1.29 is 12.8 Å². The fourth-order valence-electron chi connectivity index (χ4n) is 0.967. The van der Waals surface area contributed by atoms with Crippen molar-refractivity contribution >= 4 is 15.9 Å². The van der Waals surface area contributed by atoms with Gasteiger partial charge >= 0.3 is 0 Å². The number of nitrogens with zero attached hydrogens (tertiary/aromatic N) is 1. The van der Waals surface area contributed by atoms with Crippen molar-refractivity contribution in [2.24, 2.45) is 11.7 Å². The molecule has 0 amide bonds. The van der Waals surface area contributed by atoms with Crippen molar-refractivity contribution in [3.63, 3.8) is 0 Å². The molecular weight excluding hydrogens is 247 g/mol. The van der Waals surface area contributed by atoms with Gasteiger partial charge in [0, 0.05) is 18.7 Å². The molecule has 1 aromatic heterocycles. The van der Waals surface area contributed by atoms with Crippen molar-refractivity contribution in [2.45, 2.75) is 11.8 Å². The van der Waals surface area contributed by atoms with E-state index in [1.165, 1.54) is 0 Å². The lowest BCUT2D eigenvalue weighted by molar-refractivity contribution is 0.569. The number of hydrogen-bond donors (Lipinski definition) is 3. The van der Waals surface area contributed by atoms with Gasteiger partial charge in [-0.1, -0.05) is 6.92 Å². The average molecular weight is 260 g/mol. The summed E-state index contributed by atoms with van der Waals surface area (Å²) < 4.78 is 38.4. The molecule has 0 saturated heterocycles. The maximum absolute atomic E-state index is 12.8. The van der Waals surface area contributed by atoms with Crippen LogP contribution >= 0.6 is 0 Å². The molecule has 0 spiro atoms. The zero-order valence-corrected chi connectivity index (χ0v) is 9.96. The van der Waals surface area contributed by atoms with Crippen LogP contribution in [-0.4, -0.2) is 25.8 Å². The standard InChI is InChI=1S/C9H13FN4O2S/c1-6(9(11)12)3-14-17(15,16)8-2-7(10)4-13-5-8/h2,4-6,14H,3H2,1H3,(H3,11,12). The van der Waals surface area contributed by atoms with Crippen LogP contribution in [0.4, 0.5) is 4.39 Å². The van der Waals surface area contributed by atoms with Crippen molar-refractivity contribution in [1.29, 1.82) is 5.41 Å². The second-order valence-electron chi connectivity index (χ2n) is 3.55. The minimum Gasteiger partial charge on any atom is -0.387 e. The van der Waals surface area contributed by atoms with Crippen LogP contribution in [0.25, 0.3) is 0 Å². The predicted molar refractivity (Wildman–Crippen MR) is 60.5 cm³/mol. The molecule has 0 aliphatic carbocycles. The van der Waals surface area contributed by atoms with Gasteiger partial charge in [-0.05, 0) is 6.07 Å². The Morgan fingerprint density at radius 2 is 2.29 bits per heavy atom. The Bertz CT molecular complexity index is 517. The number of nitrogens with one attached hydrogen (secondary N) is 2. The lowest BCUT2D eigenvalue weighted by atomic mass is 10.2. The van der Waals surface area contributed by atoms with Gasteiger partial charge < -0.3 is 5.73 Å². The zero-order valence-electron chi connectivity index (χ0n) is 9.14. The largest absolute Gasteiger partial charge is 0.387 e. The molecule has 0 fully saturated rings. The van der Waals surface area contributed by atoms with Gasteiger partial charge in [-0.2, -0.15) is 0 Å². The summed E-state index contributed by atoms with van der Waals surface area (Å²) in [6.07, 6.45) is 1.96. The first-order valence-electron chi connectivity index (χ1n) is 4.77. The van der Waals surface area contributed by atoms with Crippen LogP contribution < -0.4 is 10.5 Å². The second-order valence-corrected chi connectivity index (χ2v) is 5.31. The molecule has 0 aliphatic rings. The molecular formula is C9H13FN4O2S. The lowest BCUT2D eigenvalue weighted by Crippen LogP contribution is -2.34. The van der Waals surface area contributed by atoms with E-state index < -0.39 is 21.8 Å². The van der Waals surface area contributed by atoms with Crippen molar-refractivity contribution in [3.05, 3.63) is 24.3 Å². The van der Waals surface area contributed by atoms with Crippen molar-refractivity contribution in [1.82, 2.24) is 9.71 Å². The molecule has 0 saturated carbocycles. The molecule has 1 atom stereocenters. The number of halogens is 1. The molecule has 0 aromatic carbocycles. The van der Waals surface area contributed by atoms with E-state index in [-0.39, 0.29) is 17.3 Å². The summed E-state index contributed by atoms with van der Waals surface area (Å²) in [7, 11) is -3.82. The van der Waals surface area contributed by atoms with Crippen LogP contribution in [0.2, 0.25) is 0 Å². The van der Waals surface area contributed by atoms with Crippen LogP contribution in [0.5, 0.6) is 0 Å². The van der Waals surface area contributed by atoms with Gasteiger partial charge in [0.2, 0.25) is 10.0 Å². The number of pyridine rings is 1. The highest BCUT2D eigenvalue weighted by Crippen LogP contribution is 2.08. The maximum Gasteiger partial charge on any atom is 0.242 e. The normalized spacial score (nSPS) is 13.3. The van der Waals surface area contributed by atoms with Gasteiger partial charge in [0.25, 0.3) is 0 Å². The number of hydrogen-bond acceptors (Lipinski definition) is 4. The Morgan fingerprint density at radius 3 is 2.82 bits per heavy atom. The highest BCUT2D eigenvalue weighted by Gasteiger charge is 2.17. The topological polar surface area (TPSA) is 109 Å². The summed E-state index contributed by atoms with van der Waals surface area (Å²) in [5.41, 5.74) is 5.20. The van der Waals surface area contributed by atoms with E-state index in [9.17, 15) is 12.8 Å². The Balaban J connectivity index is 2.79. The third kappa shape index (κ3) is 3.75. The third-order valence-corrected chi connectivity index (χ3v) is 3.49. The highest BCUT2D eigenvalue weighted by atomic mass is 32.2. The summed E-state index contributed by atoms with van der Waals surface area (Å²) in [6, 6.07) is 0.869. The molecule has 6 nitrogen and oxygen atoms in total. The van der Waals surface area contributed by atoms with Gasteiger partial charge in [-0.15, -0.1) is 0 Å². The first kappa shape index (κ1) is 13.5. The van der Waals surface area contributed by atoms with Gasteiger partial charge in [0.15, 0.2) is 0 Å². The fourth-order valence-corrected chi connectivity index (χ4v) is 2.07. The van der Waals surface area contributed by atoms with Gasteiger partial charge in [-0.3, -0.25) is 10.4 Å². The zero-order chi connectivity index (χ0) is 13.1. The predicted octanol–water partition coefficient (Wildman–Crippen LogP) is 0.0711. The average Bonchev–Trinajstić information content (AvgIpc) is 2.26. The Hall–Kier alpha value is -1.54. The smallest absolute Gasteiger partial charge is 0.242 e. The summed E-state index contributed by atoms with van der Waals surface area (Å²) in [5, 5.41) is 7.12. The summed E-state index contributed by atoms with van der Waals surface area (Å²) in [6.45, 7) is 1.59. The van der Waals surface area contributed by atoms with E-state index >= 15 is 0 Å². The van der Waals surface area contributed by atoms with Gasteiger partial charge in [0.1, 0.15) is 10.7 Å². The molecule has 0 radical (unpaired) electrons. The van der Waals surface area contributed by atoms with Crippen LogP contribution in [0.1, 0.15) is 6.92 Å². The SMILES string of the molecule is CC(CNS(=O)(=O)c1cncc(F)c1)C(=N)N. The number of nitrogens with two attached hydrogens (primary N) is 1. The Kier molecular flexibility index (Phi) is 4.13. The summed E-state index contributed by atoms with van der Waals surface area (Å²) in [5.74, 6) is -1.27. The molecule has 4 N–H and O–H groups in total. The first-order valence-corrected chi connectivity index (χ1v) is 6.25. The summed E-state index contributed by atoms with van der Waals surface area (Å²) in [4.78, 5) is 3.20. The molecule has 8 heteroatoms. The molecule has 1 heterocycles. The van der Waals surface area contributed by atoms with Crippen molar-refractivity contribution in [2.75, 3.05) is 6.54 Å². The molecule has 1 unspecified atom stereocenters. The number of aromatic nitrogens is 1.